The summed E-state index contributed by atoms with van der Waals surface area (Å²) >= 11 is 6.15. The van der Waals surface area contributed by atoms with Gasteiger partial charge in [-0.15, -0.1) is 0 Å². The van der Waals surface area contributed by atoms with Gasteiger partial charge in [0, 0.05) is 19.3 Å². The second-order valence-electron chi connectivity index (χ2n) is 4.89. The molecule has 0 aliphatic rings. The van der Waals surface area contributed by atoms with Crippen LogP contribution < -0.4 is 10.6 Å². The first-order valence-corrected chi connectivity index (χ1v) is 6.76. The smallest absolute Gasteiger partial charge is 0.126 e. The number of hydrogen-bond acceptors (Lipinski definition) is 2. The molecule has 2 rings (SSSR count). The normalized spacial score (nSPS) is 10.3. The molecule has 0 radical (unpaired) electrons. The van der Waals surface area contributed by atoms with Gasteiger partial charge in [-0.1, -0.05) is 47.5 Å². The maximum atomic E-state index is 7.69. The number of anilines is 1. The molecular formula is C16H18ClN3. The monoisotopic (exact) mass is 287 g/mol. The van der Waals surface area contributed by atoms with Gasteiger partial charge < -0.3 is 10.6 Å². The summed E-state index contributed by atoms with van der Waals surface area (Å²) in [7, 11) is 1.97. The van der Waals surface area contributed by atoms with Crippen LogP contribution >= 0.6 is 11.6 Å². The van der Waals surface area contributed by atoms with Gasteiger partial charge in [-0.2, -0.15) is 0 Å². The average Bonchev–Trinajstić information content (AvgIpc) is 2.37. The van der Waals surface area contributed by atoms with Gasteiger partial charge in [0.1, 0.15) is 5.84 Å². The van der Waals surface area contributed by atoms with Crippen molar-refractivity contribution in [3.63, 3.8) is 0 Å². The summed E-state index contributed by atoms with van der Waals surface area (Å²) in [5, 5.41) is 8.20. The fourth-order valence-electron chi connectivity index (χ4n) is 2.27. The van der Waals surface area contributed by atoms with Crippen molar-refractivity contribution in [2.24, 2.45) is 5.73 Å². The number of amidine groups is 1. The topological polar surface area (TPSA) is 53.1 Å². The number of benzene rings is 2. The van der Waals surface area contributed by atoms with Crippen molar-refractivity contribution in [1.29, 1.82) is 5.41 Å². The highest BCUT2D eigenvalue weighted by Gasteiger charge is 2.13. The zero-order valence-corrected chi connectivity index (χ0v) is 12.4. The van der Waals surface area contributed by atoms with Crippen LogP contribution in [0.5, 0.6) is 0 Å². The highest BCUT2D eigenvalue weighted by Crippen LogP contribution is 2.27. The summed E-state index contributed by atoms with van der Waals surface area (Å²) in [6.07, 6.45) is 0. The van der Waals surface area contributed by atoms with Crippen molar-refractivity contribution in [2.45, 2.75) is 13.5 Å². The quantitative estimate of drug-likeness (QED) is 0.667. The van der Waals surface area contributed by atoms with Gasteiger partial charge in [0.05, 0.1) is 10.6 Å². The summed E-state index contributed by atoms with van der Waals surface area (Å²) in [5.74, 6) is -0.0123. The van der Waals surface area contributed by atoms with Crippen molar-refractivity contribution in [3.8, 4) is 0 Å². The second-order valence-corrected chi connectivity index (χ2v) is 5.30. The van der Waals surface area contributed by atoms with E-state index in [2.05, 4.69) is 30.0 Å². The number of rotatable bonds is 4. The van der Waals surface area contributed by atoms with E-state index in [9.17, 15) is 0 Å². The predicted molar refractivity (Wildman–Crippen MR) is 85.8 cm³/mol. The van der Waals surface area contributed by atoms with Crippen LogP contribution in [0.15, 0.2) is 42.5 Å². The van der Waals surface area contributed by atoms with Gasteiger partial charge in [-0.05, 0) is 24.6 Å². The van der Waals surface area contributed by atoms with Crippen LogP contribution in [-0.2, 0) is 6.54 Å². The third-order valence-electron chi connectivity index (χ3n) is 3.17. The number of halogens is 1. The Labute approximate surface area is 124 Å². The Bertz CT molecular complexity index is 637. The van der Waals surface area contributed by atoms with Crippen molar-refractivity contribution in [1.82, 2.24) is 0 Å². The summed E-state index contributed by atoms with van der Waals surface area (Å²) < 4.78 is 0. The molecule has 3 nitrogen and oxygen atoms in total. The average molecular weight is 288 g/mol. The van der Waals surface area contributed by atoms with Crippen LogP contribution in [0.4, 0.5) is 5.69 Å². The van der Waals surface area contributed by atoms with E-state index >= 15 is 0 Å². The fraction of sp³-hybridized carbons (Fsp3) is 0.188. The molecule has 0 heterocycles. The first kappa shape index (κ1) is 14.4. The molecule has 0 aromatic heterocycles. The molecule has 0 fully saturated rings. The molecule has 0 saturated heterocycles. The molecule has 0 unspecified atom stereocenters. The highest BCUT2D eigenvalue weighted by atomic mass is 35.5. The summed E-state index contributed by atoms with van der Waals surface area (Å²) in [6.45, 7) is 2.81. The van der Waals surface area contributed by atoms with Crippen molar-refractivity contribution in [2.75, 3.05) is 11.9 Å². The molecule has 20 heavy (non-hydrogen) atoms. The van der Waals surface area contributed by atoms with E-state index in [4.69, 9.17) is 22.7 Å². The van der Waals surface area contributed by atoms with Gasteiger partial charge in [-0.25, -0.2) is 0 Å². The highest BCUT2D eigenvalue weighted by molar-refractivity contribution is 6.34. The molecule has 2 aromatic carbocycles. The third kappa shape index (κ3) is 3.11. The first-order chi connectivity index (χ1) is 9.49. The third-order valence-corrected chi connectivity index (χ3v) is 3.49. The second kappa shape index (κ2) is 5.97. The van der Waals surface area contributed by atoms with Crippen molar-refractivity contribution in [3.05, 3.63) is 64.2 Å². The SMILES string of the molecule is Cc1cccc(CN(C)c2cccc(Cl)c2C(=N)N)c1. The maximum Gasteiger partial charge on any atom is 0.126 e. The van der Waals surface area contributed by atoms with Gasteiger partial charge in [0.25, 0.3) is 0 Å². The number of nitrogens with zero attached hydrogens (tertiary/aromatic N) is 1. The Kier molecular flexibility index (Phi) is 4.30. The van der Waals surface area contributed by atoms with Crippen LogP contribution in [0.3, 0.4) is 0 Å². The first-order valence-electron chi connectivity index (χ1n) is 6.38. The summed E-state index contributed by atoms with van der Waals surface area (Å²) in [5.41, 5.74) is 9.54. The van der Waals surface area contributed by atoms with Crippen molar-refractivity contribution >= 4 is 23.1 Å². The van der Waals surface area contributed by atoms with Crippen LogP contribution in [0.2, 0.25) is 5.02 Å². The Morgan fingerprint density at radius 3 is 2.60 bits per heavy atom. The minimum absolute atomic E-state index is 0.0123. The zero-order valence-electron chi connectivity index (χ0n) is 11.7. The molecule has 3 N–H and O–H groups in total. The lowest BCUT2D eigenvalue weighted by atomic mass is 10.1. The lowest BCUT2D eigenvalue weighted by molar-refractivity contribution is 0.919. The lowest BCUT2D eigenvalue weighted by Crippen LogP contribution is -2.22. The van der Waals surface area contributed by atoms with Crippen molar-refractivity contribution < 1.29 is 0 Å². The number of nitrogens with two attached hydrogens (primary N) is 1. The van der Waals surface area contributed by atoms with Crippen LogP contribution in [0.1, 0.15) is 16.7 Å². The minimum atomic E-state index is -0.0123. The number of aryl methyl sites for hydroxylation is 1. The summed E-state index contributed by atoms with van der Waals surface area (Å²) in [6, 6.07) is 13.9. The van der Waals surface area contributed by atoms with Gasteiger partial charge >= 0.3 is 0 Å². The largest absolute Gasteiger partial charge is 0.384 e. The molecule has 104 valence electrons. The molecule has 4 heteroatoms. The Balaban J connectivity index is 2.32. The molecular weight excluding hydrogens is 270 g/mol. The zero-order chi connectivity index (χ0) is 14.7. The predicted octanol–water partition coefficient (Wildman–Crippen LogP) is 3.57. The molecule has 0 amide bonds. The maximum absolute atomic E-state index is 7.69. The van der Waals surface area contributed by atoms with E-state index in [-0.39, 0.29) is 5.84 Å². The molecule has 0 aliphatic heterocycles. The molecule has 0 saturated carbocycles. The van der Waals surface area contributed by atoms with E-state index in [1.165, 1.54) is 11.1 Å². The lowest BCUT2D eigenvalue weighted by Gasteiger charge is -2.23. The number of hydrogen-bond donors (Lipinski definition) is 2. The van der Waals surface area contributed by atoms with Gasteiger partial charge in [0.15, 0.2) is 0 Å². The molecule has 2 aromatic rings. The van der Waals surface area contributed by atoms with E-state index in [1.54, 1.807) is 6.07 Å². The van der Waals surface area contributed by atoms with E-state index in [0.29, 0.717) is 10.6 Å². The Morgan fingerprint density at radius 2 is 1.95 bits per heavy atom. The number of nitrogens with one attached hydrogen (secondary N) is 1. The molecule has 0 bridgehead atoms. The summed E-state index contributed by atoms with van der Waals surface area (Å²) in [4.78, 5) is 2.05. The van der Waals surface area contributed by atoms with Gasteiger partial charge in [-0.3, -0.25) is 5.41 Å². The van der Waals surface area contributed by atoms with Crippen LogP contribution in [-0.4, -0.2) is 12.9 Å². The molecule has 0 aliphatic carbocycles. The Morgan fingerprint density at radius 1 is 1.25 bits per heavy atom. The fourth-order valence-corrected chi connectivity index (χ4v) is 2.54. The molecule has 0 atom stereocenters. The van der Waals surface area contributed by atoms with Crippen LogP contribution in [0, 0.1) is 12.3 Å². The standard InChI is InChI=1S/C16H18ClN3/c1-11-5-3-6-12(9-11)10-20(2)14-8-4-7-13(17)15(14)16(18)19/h3-9H,10H2,1-2H3,(H3,18,19). The molecule has 0 spiro atoms. The minimum Gasteiger partial charge on any atom is -0.384 e. The van der Waals surface area contributed by atoms with E-state index in [1.807, 2.05) is 25.2 Å². The van der Waals surface area contributed by atoms with E-state index < -0.39 is 0 Å². The number of nitrogen functional groups attached to an aromatic ring is 1. The van der Waals surface area contributed by atoms with Crippen LogP contribution in [0.25, 0.3) is 0 Å². The van der Waals surface area contributed by atoms with E-state index in [0.717, 1.165) is 12.2 Å². The Hall–Kier alpha value is -2.00. The van der Waals surface area contributed by atoms with Gasteiger partial charge in [0.2, 0.25) is 0 Å².